The smallest absolute Gasteiger partial charge is 0.328 e. The van der Waals surface area contributed by atoms with Crippen molar-refractivity contribution in [2.75, 3.05) is 0 Å². The predicted octanol–water partition coefficient (Wildman–Crippen LogP) is 0.723. The molecule has 0 unspecified atom stereocenters. The van der Waals surface area contributed by atoms with Crippen molar-refractivity contribution in [2.45, 2.75) is 19.4 Å². The third-order valence-electron chi connectivity index (χ3n) is 1.80. The molecule has 0 aliphatic heterocycles. The molecule has 1 rings (SSSR count). The standard InChI is InChI=1S/C9H10ClN3O3/c1-9(2,8(15)16)13-7(14)5-3-11-4-6(10)12-5/h3-4H,1-2H3,(H,13,14)(H,15,16). The van der Waals surface area contributed by atoms with Crippen molar-refractivity contribution in [3.63, 3.8) is 0 Å². The Balaban J connectivity index is 2.85. The maximum atomic E-state index is 11.6. The van der Waals surface area contributed by atoms with E-state index in [1.807, 2.05) is 0 Å². The first-order valence-electron chi connectivity index (χ1n) is 4.36. The van der Waals surface area contributed by atoms with E-state index in [-0.39, 0.29) is 10.8 Å². The number of carboxylic acids is 1. The number of aliphatic carboxylic acids is 1. The van der Waals surface area contributed by atoms with Crippen LogP contribution in [0.2, 0.25) is 5.15 Å². The summed E-state index contributed by atoms with van der Waals surface area (Å²) in [5, 5.41) is 11.2. The maximum Gasteiger partial charge on any atom is 0.328 e. The van der Waals surface area contributed by atoms with Gasteiger partial charge in [0.2, 0.25) is 0 Å². The van der Waals surface area contributed by atoms with Crippen molar-refractivity contribution >= 4 is 23.5 Å². The third kappa shape index (κ3) is 2.90. The Morgan fingerprint density at radius 1 is 1.44 bits per heavy atom. The largest absolute Gasteiger partial charge is 0.480 e. The van der Waals surface area contributed by atoms with E-state index in [0.717, 1.165) is 0 Å². The van der Waals surface area contributed by atoms with Gasteiger partial charge in [-0.1, -0.05) is 11.6 Å². The number of nitrogens with zero attached hydrogens (tertiary/aromatic N) is 2. The van der Waals surface area contributed by atoms with Gasteiger partial charge in [-0.3, -0.25) is 9.78 Å². The van der Waals surface area contributed by atoms with Gasteiger partial charge in [-0.05, 0) is 13.8 Å². The van der Waals surface area contributed by atoms with Gasteiger partial charge in [-0.2, -0.15) is 0 Å². The van der Waals surface area contributed by atoms with Crippen molar-refractivity contribution in [1.82, 2.24) is 15.3 Å². The van der Waals surface area contributed by atoms with Gasteiger partial charge in [-0.25, -0.2) is 9.78 Å². The molecule has 6 nitrogen and oxygen atoms in total. The SMILES string of the molecule is CC(C)(NC(=O)c1cncc(Cl)n1)C(=O)O. The van der Waals surface area contributed by atoms with Crippen LogP contribution in [0.25, 0.3) is 0 Å². The number of hydrogen-bond donors (Lipinski definition) is 2. The molecule has 0 spiro atoms. The summed E-state index contributed by atoms with van der Waals surface area (Å²) in [5.74, 6) is -1.78. The normalized spacial score (nSPS) is 10.9. The van der Waals surface area contributed by atoms with Gasteiger partial charge in [0.25, 0.3) is 5.91 Å². The number of carbonyl (C=O) groups excluding carboxylic acids is 1. The summed E-state index contributed by atoms with van der Waals surface area (Å²) in [6, 6.07) is 0. The van der Waals surface area contributed by atoms with E-state index < -0.39 is 17.4 Å². The number of rotatable bonds is 3. The molecule has 86 valence electrons. The van der Waals surface area contributed by atoms with Gasteiger partial charge < -0.3 is 10.4 Å². The third-order valence-corrected chi connectivity index (χ3v) is 1.98. The minimum atomic E-state index is -1.37. The van der Waals surface area contributed by atoms with Gasteiger partial charge in [0.05, 0.1) is 12.4 Å². The van der Waals surface area contributed by atoms with Crippen LogP contribution in [0.15, 0.2) is 12.4 Å². The van der Waals surface area contributed by atoms with E-state index in [4.69, 9.17) is 16.7 Å². The molecule has 0 radical (unpaired) electrons. The minimum absolute atomic E-state index is 0.0261. The fraction of sp³-hybridized carbons (Fsp3) is 0.333. The Morgan fingerprint density at radius 2 is 2.06 bits per heavy atom. The molecule has 0 atom stereocenters. The van der Waals surface area contributed by atoms with Crippen LogP contribution >= 0.6 is 11.6 Å². The number of nitrogens with one attached hydrogen (secondary N) is 1. The summed E-state index contributed by atoms with van der Waals surface area (Å²) in [4.78, 5) is 29.8. The number of carbonyl (C=O) groups is 2. The molecule has 1 aromatic rings. The highest BCUT2D eigenvalue weighted by Gasteiger charge is 2.29. The highest BCUT2D eigenvalue weighted by atomic mass is 35.5. The number of halogens is 1. The summed E-state index contributed by atoms with van der Waals surface area (Å²) in [5.41, 5.74) is -1.40. The zero-order valence-electron chi connectivity index (χ0n) is 8.69. The van der Waals surface area contributed by atoms with Crippen molar-refractivity contribution in [3.05, 3.63) is 23.2 Å². The zero-order chi connectivity index (χ0) is 12.3. The molecule has 1 heterocycles. The molecule has 0 fully saturated rings. The highest BCUT2D eigenvalue weighted by Crippen LogP contribution is 2.06. The molecule has 0 saturated heterocycles. The molecule has 7 heteroatoms. The monoisotopic (exact) mass is 243 g/mol. The number of aromatic nitrogens is 2. The predicted molar refractivity (Wildman–Crippen MR) is 56.2 cm³/mol. The molecule has 2 N–H and O–H groups in total. The molecule has 0 saturated carbocycles. The Bertz CT molecular complexity index is 434. The zero-order valence-corrected chi connectivity index (χ0v) is 9.45. The first-order valence-corrected chi connectivity index (χ1v) is 4.74. The summed E-state index contributed by atoms with van der Waals surface area (Å²) in [7, 11) is 0. The van der Waals surface area contributed by atoms with Crippen molar-refractivity contribution in [2.24, 2.45) is 0 Å². The van der Waals surface area contributed by atoms with Crippen molar-refractivity contribution in [3.8, 4) is 0 Å². The molecule has 0 bridgehead atoms. The van der Waals surface area contributed by atoms with Gasteiger partial charge in [0.1, 0.15) is 16.4 Å². The topological polar surface area (TPSA) is 92.2 Å². The van der Waals surface area contributed by atoms with Crippen LogP contribution in [-0.2, 0) is 4.79 Å². The Morgan fingerprint density at radius 3 is 2.56 bits per heavy atom. The van der Waals surface area contributed by atoms with E-state index in [1.54, 1.807) is 0 Å². The molecule has 1 aromatic heterocycles. The van der Waals surface area contributed by atoms with Crippen LogP contribution in [0.5, 0.6) is 0 Å². The van der Waals surface area contributed by atoms with E-state index in [0.29, 0.717) is 0 Å². The Hall–Kier alpha value is -1.69. The molecule has 1 amide bonds. The van der Waals surface area contributed by atoms with Gasteiger partial charge in [0, 0.05) is 0 Å². The lowest BCUT2D eigenvalue weighted by molar-refractivity contribution is -0.143. The minimum Gasteiger partial charge on any atom is -0.480 e. The number of carboxylic acid groups (broad SMARTS) is 1. The summed E-state index contributed by atoms with van der Waals surface area (Å²) in [6.07, 6.45) is 2.49. The lowest BCUT2D eigenvalue weighted by atomic mass is 10.1. The first-order chi connectivity index (χ1) is 7.33. The van der Waals surface area contributed by atoms with Crippen LogP contribution in [0.1, 0.15) is 24.3 Å². The molecule has 16 heavy (non-hydrogen) atoms. The molecule has 0 aliphatic carbocycles. The quantitative estimate of drug-likeness (QED) is 0.816. The lowest BCUT2D eigenvalue weighted by Crippen LogP contribution is -2.49. The molecule has 0 aliphatic rings. The Labute approximate surface area is 96.7 Å². The van der Waals surface area contributed by atoms with E-state index in [9.17, 15) is 9.59 Å². The van der Waals surface area contributed by atoms with Crippen molar-refractivity contribution in [1.29, 1.82) is 0 Å². The fourth-order valence-corrected chi connectivity index (χ4v) is 1.00. The van der Waals surface area contributed by atoms with Crippen LogP contribution in [-0.4, -0.2) is 32.5 Å². The highest BCUT2D eigenvalue weighted by molar-refractivity contribution is 6.29. The second kappa shape index (κ2) is 4.44. The van der Waals surface area contributed by atoms with Crippen LogP contribution in [0, 0.1) is 0 Å². The lowest BCUT2D eigenvalue weighted by Gasteiger charge is -2.20. The van der Waals surface area contributed by atoms with E-state index >= 15 is 0 Å². The van der Waals surface area contributed by atoms with E-state index in [2.05, 4.69) is 15.3 Å². The number of hydrogen-bond acceptors (Lipinski definition) is 4. The molecular formula is C9H10ClN3O3. The number of amides is 1. The Kier molecular flexibility index (Phi) is 3.44. The van der Waals surface area contributed by atoms with Gasteiger partial charge in [0.15, 0.2) is 0 Å². The van der Waals surface area contributed by atoms with E-state index in [1.165, 1.54) is 26.2 Å². The van der Waals surface area contributed by atoms with Crippen LogP contribution in [0.3, 0.4) is 0 Å². The summed E-state index contributed by atoms with van der Waals surface area (Å²) < 4.78 is 0. The second-order valence-corrected chi connectivity index (χ2v) is 4.00. The van der Waals surface area contributed by atoms with Gasteiger partial charge in [-0.15, -0.1) is 0 Å². The maximum absolute atomic E-state index is 11.6. The fourth-order valence-electron chi connectivity index (χ4n) is 0.853. The molecular weight excluding hydrogens is 234 g/mol. The second-order valence-electron chi connectivity index (χ2n) is 3.61. The van der Waals surface area contributed by atoms with Crippen LogP contribution < -0.4 is 5.32 Å². The average molecular weight is 244 g/mol. The first kappa shape index (κ1) is 12.4. The average Bonchev–Trinajstić information content (AvgIpc) is 2.16. The van der Waals surface area contributed by atoms with Crippen molar-refractivity contribution < 1.29 is 14.7 Å². The van der Waals surface area contributed by atoms with Crippen LogP contribution in [0.4, 0.5) is 0 Å². The summed E-state index contributed by atoms with van der Waals surface area (Å²) in [6.45, 7) is 2.73. The summed E-state index contributed by atoms with van der Waals surface area (Å²) >= 11 is 5.55. The van der Waals surface area contributed by atoms with Gasteiger partial charge >= 0.3 is 5.97 Å². The molecule has 0 aromatic carbocycles.